The molecule has 0 bridgehead atoms. The van der Waals surface area contributed by atoms with Crippen molar-refractivity contribution in [3.05, 3.63) is 54.1 Å². The second-order valence-corrected chi connectivity index (χ2v) is 8.28. The third kappa shape index (κ3) is 5.08. The molecule has 0 unspecified atom stereocenters. The van der Waals surface area contributed by atoms with E-state index < -0.39 is 0 Å². The van der Waals surface area contributed by atoms with Gasteiger partial charge in [-0.2, -0.15) is 0 Å². The number of nitrogens with zero attached hydrogens (tertiary/aromatic N) is 3. The molecule has 0 atom stereocenters. The van der Waals surface area contributed by atoms with Gasteiger partial charge in [-0.05, 0) is 62.7 Å². The lowest BCUT2D eigenvalue weighted by molar-refractivity contribution is 0.0997. The van der Waals surface area contributed by atoms with Crippen molar-refractivity contribution < 1.29 is 9.47 Å². The van der Waals surface area contributed by atoms with E-state index in [0.29, 0.717) is 0 Å². The molecule has 30 heavy (non-hydrogen) atoms. The molecule has 5 nitrogen and oxygen atoms in total. The third-order valence-electron chi connectivity index (χ3n) is 6.45. The predicted octanol–water partition coefficient (Wildman–Crippen LogP) is 3.88. The van der Waals surface area contributed by atoms with Crippen molar-refractivity contribution in [3.63, 3.8) is 0 Å². The number of hydrogen-bond acceptors (Lipinski definition) is 5. The second kappa shape index (κ2) is 10.2. The van der Waals surface area contributed by atoms with E-state index in [9.17, 15) is 0 Å². The lowest BCUT2D eigenvalue weighted by Gasteiger charge is -2.43. The van der Waals surface area contributed by atoms with Gasteiger partial charge in [0.15, 0.2) is 0 Å². The molecule has 162 valence electrons. The van der Waals surface area contributed by atoms with Crippen molar-refractivity contribution in [1.29, 1.82) is 0 Å². The fraction of sp³-hybridized carbons (Fsp3) is 0.520. The minimum absolute atomic E-state index is 0.722. The third-order valence-corrected chi connectivity index (χ3v) is 6.45. The highest BCUT2D eigenvalue weighted by molar-refractivity contribution is 5.58. The van der Waals surface area contributed by atoms with Crippen molar-refractivity contribution in [2.24, 2.45) is 0 Å². The average Bonchev–Trinajstić information content (AvgIpc) is 2.81. The van der Waals surface area contributed by atoms with Gasteiger partial charge in [-0.25, -0.2) is 0 Å². The molecule has 2 aliphatic heterocycles. The van der Waals surface area contributed by atoms with Crippen molar-refractivity contribution >= 4 is 5.69 Å². The van der Waals surface area contributed by atoms with Gasteiger partial charge in [0.05, 0.1) is 19.4 Å². The Kier molecular flexibility index (Phi) is 7.13. The van der Waals surface area contributed by atoms with E-state index in [0.717, 1.165) is 56.9 Å². The highest BCUT2D eigenvalue weighted by Gasteiger charge is 2.28. The Hall–Kier alpha value is -2.24. The lowest BCUT2D eigenvalue weighted by atomic mass is 10.0. The molecule has 5 heteroatoms. The molecule has 2 saturated heterocycles. The summed E-state index contributed by atoms with van der Waals surface area (Å²) in [5.41, 5.74) is 2.60. The fourth-order valence-electron chi connectivity index (χ4n) is 4.78. The second-order valence-electron chi connectivity index (χ2n) is 8.28. The predicted molar refractivity (Wildman–Crippen MR) is 123 cm³/mol. The van der Waals surface area contributed by atoms with E-state index in [-0.39, 0.29) is 0 Å². The first kappa shape index (κ1) is 21.0. The Morgan fingerprint density at radius 3 is 2.23 bits per heavy atom. The molecular formula is C25H35N3O2. The number of piperazine rings is 1. The average molecular weight is 410 g/mol. The molecule has 0 N–H and O–H groups in total. The molecule has 2 aromatic rings. The van der Waals surface area contributed by atoms with Crippen molar-refractivity contribution in [2.45, 2.75) is 32.4 Å². The van der Waals surface area contributed by atoms with Crippen LogP contribution in [0.1, 0.15) is 25.3 Å². The largest absolute Gasteiger partial charge is 0.495 e. The zero-order chi connectivity index (χ0) is 20.8. The minimum atomic E-state index is 0.722. The number of benzene rings is 2. The minimum Gasteiger partial charge on any atom is -0.495 e. The van der Waals surface area contributed by atoms with E-state index in [1.54, 1.807) is 7.11 Å². The van der Waals surface area contributed by atoms with Crippen LogP contribution in [0.15, 0.2) is 48.5 Å². The molecule has 2 aromatic carbocycles. The molecule has 0 aliphatic carbocycles. The zero-order valence-corrected chi connectivity index (χ0v) is 18.4. The standard InChI is InChI=1S/C25H35N3O2/c1-3-30-23-10-8-21(9-11-23)20-26-14-12-22(13-15-26)27-16-18-28(19-17-27)24-6-4-5-7-25(24)29-2/h4-11,22H,3,12-20H2,1-2H3. The fourth-order valence-corrected chi connectivity index (χ4v) is 4.78. The van der Waals surface area contributed by atoms with Crippen LogP contribution in [0.2, 0.25) is 0 Å². The summed E-state index contributed by atoms with van der Waals surface area (Å²) in [5, 5.41) is 0. The number of rotatable bonds is 7. The summed E-state index contributed by atoms with van der Waals surface area (Å²) < 4.78 is 11.1. The van der Waals surface area contributed by atoms with Crippen molar-refractivity contribution in [3.8, 4) is 11.5 Å². The highest BCUT2D eigenvalue weighted by atomic mass is 16.5. The van der Waals surface area contributed by atoms with Gasteiger partial charge in [0.25, 0.3) is 0 Å². The molecule has 0 saturated carbocycles. The zero-order valence-electron chi connectivity index (χ0n) is 18.4. The number of hydrogen-bond donors (Lipinski definition) is 0. The summed E-state index contributed by atoms with van der Waals surface area (Å²) in [4.78, 5) is 7.77. The van der Waals surface area contributed by atoms with Gasteiger partial charge in [-0.3, -0.25) is 9.80 Å². The molecule has 0 spiro atoms. The van der Waals surface area contributed by atoms with Gasteiger partial charge in [-0.15, -0.1) is 0 Å². The summed E-state index contributed by atoms with van der Waals surface area (Å²) in [7, 11) is 1.76. The first-order valence-corrected chi connectivity index (χ1v) is 11.3. The first-order valence-electron chi connectivity index (χ1n) is 11.3. The van der Waals surface area contributed by atoms with Crippen LogP contribution >= 0.6 is 0 Å². The van der Waals surface area contributed by atoms with Crippen LogP contribution in [-0.2, 0) is 6.54 Å². The Balaban J connectivity index is 1.23. The Morgan fingerprint density at radius 2 is 1.57 bits per heavy atom. The van der Waals surface area contributed by atoms with Crippen LogP contribution in [0.3, 0.4) is 0 Å². The molecule has 4 rings (SSSR count). The Labute approximate surface area is 181 Å². The van der Waals surface area contributed by atoms with Gasteiger partial charge >= 0.3 is 0 Å². The smallest absolute Gasteiger partial charge is 0.142 e. The molecule has 0 amide bonds. The van der Waals surface area contributed by atoms with Gasteiger partial charge in [-0.1, -0.05) is 24.3 Å². The topological polar surface area (TPSA) is 28.2 Å². The maximum absolute atomic E-state index is 5.55. The Morgan fingerprint density at radius 1 is 0.867 bits per heavy atom. The summed E-state index contributed by atoms with van der Waals surface area (Å²) in [5.74, 6) is 1.95. The molecule has 0 radical (unpaired) electrons. The number of para-hydroxylation sites is 2. The van der Waals surface area contributed by atoms with Crippen LogP contribution in [0.25, 0.3) is 0 Å². The summed E-state index contributed by atoms with van der Waals surface area (Å²) >= 11 is 0. The molecular weight excluding hydrogens is 374 g/mol. The maximum atomic E-state index is 5.55. The first-order chi connectivity index (χ1) is 14.8. The van der Waals surface area contributed by atoms with E-state index in [2.05, 4.69) is 57.2 Å². The Bertz CT molecular complexity index is 779. The number of likely N-dealkylation sites (tertiary alicyclic amines) is 1. The summed E-state index contributed by atoms with van der Waals surface area (Å²) in [6, 6.07) is 17.7. The van der Waals surface area contributed by atoms with Crippen LogP contribution in [0.5, 0.6) is 11.5 Å². The lowest BCUT2D eigenvalue weighted by Crippen LogP contribution is -2.53. The van der Waals surface area contributed by atoms with Crippen LogP contribution in [0, 0.1) is 0 Å². The number of piperidine rings is 1. The number of ether oxygens (including phenoxy) is 2. The summed E-state index contributed by atoms with van der Waals surface area (Å²) in [6.45, 7) is 10.6. The van der Waals surface area contributed by atoms with Gasteiger partial charge < -0.3 is 14.4 Å². The van der Waals surface area contributed by atoms with Crippen LogP contribution < -0.4 is 14.4 Å². The van der Waals surface area contributed by atoms with E-state index in [1.165, 1.54) is 37.2 Å². The molecule has 2 aliphatic rings. The van der Waals surface area contributed by atoms with Crippen molar-refractivity contribution in [2.75, 3.05) is 57.9 Å². The van der Waals surface area contributed by atoms with E-state index in [1.807, 2.05) is 13.0 Å². The normalized spacial score (nSPS) is 19.1. The van der Waals surface area contributed by atoms with Crippen LogP contribution in [0.4, 0.5) is 5.69 Å². The molecule has 2 heterocycles. The van der Waals surface area contributed by atoms with Gasteiger partial charge in [0.1, 0.15) is 11.5 Å². The van der Waals surface area contributed by atoms with Crippen LogP contribution in [-0.4, -0.2) is 68.8 Å². The SMILES string of the molecule is CCOc1ccc(CN2CCC(N3CCN(c4ccccc4OC)CC3)CC2)cc1. The van der Waals surface area contributed by atoms with E-state index >= 15 is 0 Å². The summed E-state index contributed by atoms with van der Waals surface area (Å²) in [6.07, 6.45) is 2.54. The quantitative estimate of drug-likeness (QED) is 0.692. The number of methoxy groups -OCH3 is 1. The molecule has 2 fully saturated rings. The van der Waals surface area contributed by atoms with Crippen molar-refractivity contribution in [1.82, 2.24) is 9.80 Å². The molecule has 0 aromatic heterocycles. The monoisotopic (exact) mass is 409 g/mol. The van der Waals surface area contributed by atoms with Gasteiger partial charge in [0, 0.05) is 38.8 Å². The van der Waals surface area contributed by atoms with E-state index in [4.69, 9.17) is 9.47 Å². The number of anilines is 1. The highest BCUT2D eigenvalue weighted by Crippen LogP contribution is 2.29. The maximum Gasteiger partial charge on any atom is 0.142 e. The van der Waals surface area contributed by atoms with Gasteiger partial charge in [0.2, 0.25) is 0 Å².